The van der Waals surface area contributed by atoms with Gasteiger partial charge in [-0.1, -0.05) is 13.8 Å². The van der Waals surface area contributed by atoms with Gasteiger partial charge in [-0.25, -0.2) is 0 Å². The molecule has 1 atom stereocenters. The summed E-state index contributed by atoms with van der Waals surface area (Å²) < 4.78 is 22.4. The van der Waals surface area contributed by atoms with Gasteiger partial charge in [-0.05, 0) is 19.8 Å². The van der Waals surface area contributed by atoms with Gasteiger partial charge in [0.05, 0.1) is 11.0 Å². The van der Waals surface area contributed by atoms with Gasteiger partial charge < -0.3 is 14.1 Å². The molecule has 0 bridgehead atoms. The van der Waals surface area contributed by atoms with Crippen molar-refractivity contribution in [1.82, 2.24) is 4.90 Å². The van der Waals surface area contributed by atoms with E-state index in [0.29, 0.717) is 24.6 Å². The number of ether oxygens (including phenoxy) is 1. The lowest BCUT2D eigenvalue weighted by molar-refractivity contribution is -0.133. The van der Waals surface area contributed by atoms with Crippen LogP contribution in [-0.4, -0.2) is 45.2 Å². The lowest BCUT2D eigenvalue weighted by Gasteiger charge is -2.41. The third-order valence-corrected chi connectivity index (χ3v) is 6.72. The van der Waals surface area contributed by atoms with Crippen LogP contribution in [-0.2, 0) is 15.6 Å². The van der Waals surface area contributed by atoms with Crippen molar-refractivity contribution in [2.75, 3.05) is 25.4 Å². The van der Waals surface area contributed by atoms with Crippen LogP contribution in [0.3, 0.4) is 0 Å². The Morgan fingerprint density at radius 2 is 2.13 bits per heavy atom. The monoisotopic (exact) mass is 341 g/mol. The molecule has 0 N–H and O–H groups in total. The van der Waals surface area contributed by atoms with Gasteiger partial charge in [0.25, 0.3) is 5.91 Å². The summed E-state index contributed by atoms with van der Waals surface area (Å²) in [6, 6.07) is 1.26. The summed E-state index contributed by atoms with van der Waals surface area (Å²) in [5, 5.41) is 0. The molecule has 1 aliphatic heterocycles. The van der Waals surface area contributed by atoms with Crippen LogP contribution in [0.1, 0.15) is 32.4 Å². The molecule has 2 rings (SSSR count). The maximum absolute atomic E-state index is 12.4. The van der Waals surface area contributed by atoms with Crippen LogP contribution in [0.5, 0.6) is 5.75 Å². The van der Waals surface area contributed by atoms with Crippen molar-refractivity contribution in [2.24, 2.45) is 0 Å². The fraction of sp³-hybridized carbons (Fsp3) is 0.625. The molecule has 1 fully saturated rings. The number of carbonyl (C=O) groups is 1. The third kappa shape index (κ3) is 3.65. The van der Waals surface area contributed by atoms with Crippen LogP contribution < -0.4 is 10.2 Å². The summed E-state index contributed by atoms with van der Waals surface area (Å²) in [6.07, 6.45) is 2.83. The van der Waals surface area contributed by atoms with Crippen LogP contribution >= 0.6 is 0 Å². The van der Waals surface area contributed by atoms with E-state index < -0.39 is 10.8 Å². The molecule has 7 heteroatoms. The zero-order chi connectivity index (χ0) is 17.0. The lowest BCUT2D eigenvalue weighted by Crippen LogP contribution is -2.55. The molecular weight excluding hydrogens is 318 g/mol. The summed E-state index contributed by atoms with van der Waals surface area (Å²) in [5.74, 6) is 0.704. The summed E-state index contributed by atoms with van der Waals surface area (Å²) in [6.45, 7) is 6.33. The lowest BCUT2D eigenvalue weighted by atomic mass is 10.0. The van der Waals surface area contributed by atoms with E-state index in [1.54, 1.807) is 11.8 Å². The second-order valence-electron chi connectivity index (χ2n) is 5.71. The maximum atomic E-state index is 12.4. The average Bonchev–Trinajstić information content (AvgIpc) is 2.55. The van der Waals surface area contributed by atoms with E-state index in [1.165, 1.54) is 12.3 Å². The van der Waals surface area contributed by atoms with Gasteiger partial charge in [-0.2, -0.15) is 0 Å². The topological polar surface area (TPSA) is 76.8 Å². The Bertz CT molecular complexity index is 650. The smallest absolute Gasteiger partial charge is 0.260 e. The van der Waals surface area contributed by atoms with Crippen molar-refractivity contribution in [1.29, 1.82) is 0 Å². The normalized spacial score (nSPS) is 20.3. The van der Waals surface area contributed by atoms with Crippen molar-refractivity contribution in [3.63, 3.8) is 0 Å². The number of nitrogens with zero attached hydrogens (tertiary/aromatic N) is 1. The van der Waals surface area contributed by atoms with Crippen LogP contribution in [0.4, 0.5) is 0 Å². The number of hydrogen-bond donors (Lipinski definition) is 0. The molecule has 0 spiro atoms. The predicted molar refractivity (Wildman–Crippen MR) is 88.1 cm³/mol. The molecule has 0 aliphatic carbocycles. The number of hydrogen-bond acceptors (Lipinski definition) is 5. The van der Waals surface area contributed by atoms with Crippen LogP contribution in [0.2, 0.25) is 0 Å². The summed E-state index contributed by atoms with van der Waals surface area (Å²) in [4.78, 5) is 25.8. The first kappa shape index (κ1) is 17.7. The van der Waals surface area contributed by atoms with Crippen LogP contribution in [0.15, 0.2) is 21.5 Å². The van der Waals surface area contributed by atoms with Crippen molar-refractivity contribution in [3.05, 3.63) is 28.3 Å². The van der Waals surface area contributed by atoms with Crippen LogP contribution in [0, 0.1) is 6.92 Å². The first-order chi connectivity index (χ1) is 10.9. The molecule has 1 aromatic rings. The molecule has 1 amide bonds. The Balaban J connectivity index is 2.04. The zero-order valence-corrected chi connectivity index (χ0v) is 14.6. The third-order valence-electron chi connectivity index (χ3n) is 4.50. The van der Waals surface area contributed by atoms with E-state index in [2.05, 4.69) is 0 Å². The highest BCUT2D eigenvalue weighted by atomic mass is 32.2. The van der Waals surface area contributed by atoms with Gasteiger partial charge in [0.1, 0.15) is 5.76 Å². The first-order valence-corrected chi connectivity index (χ1v) is 9.13. The zero-order valence-electron chi connectivity index (χ0n) is 13.8. The van der Waals surface area contributed by atoms with E-state index in [9.17, 15) is 13.8 Å². The van der Waals surface area contributed by atoms with Crippen molar-refractivity contribution in [3.8, 4) is 5.75 Å². The quantitative estimate of drug-likeness (QED) is 0.811. The van der Waals surface area contributed by atoms with Crippen molar-refractivity contribution >= 4 is 16.7 Å². The highest BCUT2D eigenvalue weighted by molar-refractivity contribution is 7.86. The van der Waals surface area contributed by atoms with Gasteiger partial charge in [-0.15, -0.1) is 0 Å². The summed E-state index contributed by atoms with van der Waals surface area (Å²) in [7, 11) is -0.921. The van der Waals surface area contributed by atoms with Crippen molar-refractivity contribution in [2.45, 2.75) is 38.4 Å². The molecule has 2 heterocycles. The van der Waals surface area contributed by atoms with E-state index in [0.717, 1.165) is 12.8 Å². The second-order valence-corrected chi connectivity index (χ2v) is 7.68. The van der Waals surface area contributed by atoms with Gasteiger partial charge >= 0.3 is 0 Å². The fourth-order valence-electron chi connectivity index (χ4n) is 2.82. The molecule has 23 heavy (non-hydrogen) atoms. The molecule has 1 aromatic heterocycles. The predicted octanol–water partition coefficient (Wildman–Crippen LogP) is 1.48. The number of rotatable bonds is 5. The van der Waals surface area contributed by atoms with Gasteiger partial charge in [0.15, 0.2) is 6.61 Å². The molecule has 1 unspecified atom stereocenters. The molecule has 128 valence electrons. The first-order valence-electron chi connectivity index (χ1n) is 7.81. The minimum absolute atomic E-state index is 0.0682. The Labute approximate surface area is 138 Å². The summed E-state index contributed by atoms with van der Waals surface area (Å²) >= 11 is 0. The minimum atomic E-state index is -0.921. The Morgan fingerprint density at radius 1 is 1.43 bits per heavy atom. The molecule has 0 aromatic carbocycles. The van der Waals surface area contributed by atoms with Crippen molar-refractivity contribution < 1.29 is 18.2 Å². The van der Waals surface area contributed by atoms with E-state index in [-0.39, 0.29) is 28.4 Å². The molecule has 0 saturated carbocycles. The molecular formula is C16H23NO5S. The molecule has 1 aliphatic rings. The highest BCUT2D eigenvalue weighted by Crippen LogP contribution is 2.28. The number of aryl methyl sites for hydroxylation is 1. The Hall–Kier alpha value is -1.63. The highest BCUT2D eigenvalue weighted by Gasteiger charge is 2.40. The fourth-order valence-corrected chi connectivity index (χ4v) is 4.58. The molecule has 0 radical (unpaired) electrons. The number of amides is 1. The standard InChI is InChI=1S/C16H23NO5S/c1-4-16(5-2)11-17(7-9-23(16)20)14(19)10-22-15-12(3)21-8-6-13(15)18/h6,8H,4-5,7,9-11H2,1-3H3. The van der Waals surface area contributed by atoms with Crippen LogP contribution in [0.25, 0.3) is 0 Å². The average molecular weight is 341 g/mol. The van der Waals surface area contributed by atoms with Gasteiger partial charge in [-0.3, -0.25) is 13.8 Å². The second kappa shape index (κ2) is 7.29. The number of carbonyl (C=O) groups excluding carboxylic acids is 1. The SMILES string of the molecule is CCC1(CC)CN(C(=O)COc2c(C)occc2=O)CCS1=O. The van der Waals surface area contributed by atoms with E-state index in [4.69, 9.17) is 9.15 Å². The Morgan fingerprint density at radius 3 is 2.74 bits per heavy atom. The Kier molecular flexibility index (Phi) is 5.62. The van der Waals surface area contributed by atoms with E-state index in [1.807, 2.05) is 13.8 Å². The van der Waals surface area contributed by atoms with E-state index >= 15 is 0 Å². The largest absolute Gasteiger partial charge is 0.476 e. The van der Waals surface area contributed by atoms with Gasteiger partial charge in [0, 0.05) is 35.7 Å². The van der Waals surface area contributed by atoms with Gasteiger partial charge in [0.2, 0.25) is 11.2 Å². The summed E-state index contributed by atoms with van der Waals surface area (Å²) in [5.41, 5.74) is -0.308. The molecule has 6 nitrogen and oxygen atoms in total. The molecule has 1 saturated heterocycles. The minimum Gasteiger partial charge on any atom is -0.476 e. The maximum Gasteiger partial charge on any atom is 0.260 e.